The molecule has 1 aliphatic rings. The van der Waals surface area contributed by atoms with E-state index in [0.717, 1.165) is 31.7 Å². The minimum atomic E-state index is -0.0418. The van der Waals surface area contributed by atoms with Crippen LogP contribution in [-0.4, -0.2) is 50.1 Å². The van der Waals surface area contributed by atoms with E-state index in [1.807, 2.05) is 18.2 Å². The topological polar surface area (TPSA) is 75.9 Å². The Labute approximate surface area is 151 Å². The van der Waals surface area contributed by atoms with Gasteiger partial charge in [0.2, 0.25) is 0 Å². The summed E-state index contributed by atoms with van der Waals surface area (Å²) in [6, 6.07) is 17.9. The molecule has 1 atom stereocenters. The van der Waals surface area contributed by atoms with Crippen molar-refractivity contribution in [3.8, 4) is 5.69 Å². The molecule has 0 bridgehead atoms. The van der Waals surface area contributed by atoms with E-state index in [-0.39, 0.29) is 11.9 Å². The molecule has 4 rings (SSSR count). The highest BCUT2D eigenvalue weighted by Crippen LogP contribution is 2.14. The van der Waals surface area contributed by atoms with Crippen LogP contribution in [-0.2, 0) is 6.54 Å². The Morgan fingerprint density at radius 2 is 1.92 bits per heavy atom. The van der Waals surface area contributed by atoms with Crippen LogP contribution in [0.25, 0.3) is 5.69 Å². The molecule has 2 heterocycles. The lowest BCUT2D eigenvalue weighted by Gasteiger charge is -2.17. The lowest BCUT2D eigenvalue weighted by atomic mass is 10.1. The van der Waals surface area contributed by atoms with E-state index in [9.17, 15) is 4.79 Å². The zero-order valence-electron chi connectivity index (χ0n) is 14.3. The third-order valence-corrected chi connectivity index (χ3v) is 4.60. The predicted molar refractivity (Wildman–Crippen MR) is 96.7 cm³/mol. The second-order valence-electron chi connectivity index (χ2n) is 6.48. The van der Waals surface area contributed by atoms with Gasteiger partial charge in [-0.15, -0.1) is 5.10 Å². The maximum atomic E-state index is 12.5. The van der Waals surface area contributed by atoms with Gasteiger partial charge in [-0.2, -0.15) is 0 Å². The van der Waals surface area contributed by atoms with Gasteiger partial charge in [0.05, 0.1) is 5.69 Å². The molecule has 7 nitrogen and oxygen atoms in total. The molecule has 1 N–H and O–H groups in total. The fourth-order valence-corrected chi connectivity index (χ4v) is 3.25. The molecule has 2 aromatic carbocycles. The summed E-state index contributed by atoms with van der Waals surface area (Å²) in [4.78, 5) is 14.9. The molecule has 3 aromatic rings. The molecule has 1 saturated heterocycles. The van der Waals surface area contributed by atoms with E-state index in [1.54, 1.807) is 16.8 Å². The van der Waals surface area contributed by atoms with Crippen LogP contribution >= 0.6 is 0 Å². The van der Waals surface area contributed by atoms with E-state index in [1.165, 1.54) is 11.9 Å². The van der Waals surface area contributed by atoms with Crippen LogP contribution < -0.4 is 5.32 Å². The number of carbonyl (C=O) groups excluding carboxylic acids is 1. The largest absolute Gasteiger partial charge is 0.348 e. The summed E-state index contributed by atoms with van der Waals surface area (Å²) in [7, 11) is 0. The fourth-order valence-electron chi connectivity index (χ4n) is 3.25. The van der Waals surface area contributed by atoms with Crippen LogP contribution in [0.2, 0.25) is 0 Å². The second kappa shape index (κ2) is 7.45. The maximum Gasteiger partial charge on any atom is 0.251 e. The van der Waals surface area contributed by atoms with Gasteiger partial charge in [0.15, 0.2) is 0 Å². The Morgan fingerprint density at radius 1 is 1.12 bits per heavy atom. The Bertz CT molecular complexity index is 848. The van der Waals surface area contributed by atoms with Crippen LogP contribution in [0.1, 0.15) is 22.3 Å². The molecule has 1 aromatic heterocycles. The zero-order valence-corrected chi connectivity index (χ0v) is 14.3. The molecular formula is C19H20N6O. The number of aromatic nitrogens is 4. The van der Waals surface area contributed by atoms with Crippen LogP contribution in [0.4, 0.5) is 0 Å². The summed E-state index contributed by atoms with van der Waals surface area (Å²) in [5.74, 6) is -0.0418. The highest BCUT2D eigenvalue weighted by molar-refractivity contribution is 5.94. The van der Waals surface area contributed by atoms with Crippen LogP contribution in [0.15, 0.2) is 60.9 Å². The van der Waals surface area contributed by atoms with Crippen LogP contribution in [0.5, 0.6) is 0 Å². The number of tetrazole rings is 1. The second-order valence-corrected chi connectivity index (χ2v) is 6.48. The minimum Gasteiger partial charge on any atom is -0.348 e. The summed E-state index contributed by atoms with van der Waals surface area (Å²) in [6.45, 7) is 2.80. The maximum absolute atomic E-state index is 12.5. The number of carbonyl (C=O) groups is 1. The van der Waals surface area contributed by atoms with Gasteiger partial charge in [-0.25, -0.2) is 4.68 Å². The molecule has 0 aliphatic carbocycles. The first-order chi connectivity index (χ1) is 12.8. The molecule has 1 amide bonds. The summed E-state index contributed by atoms with van der Waals surface area (Å²) < 4.78 is 1.56. The number of likely N-dealkylation sites (tertiary alicyclic amines) is 1. The highest BCUT2D eigenvalue weighted by Gasteiger charge is 2.24. The van der Waals surface area contributed by atoms with Crippen molar-refractivity contribution in [2.75, 3.05) is 13.1 Å². The van der Waals surface area contributed by atoms with Crippen LogP contribution in [0, 0.1) is 0 Å². The number of nitrogens with one attached hydrogen (secondary N) is 1. The van der Waals surface area contributed by atoms with E-state index in [0.29, 0.717) is 5.56 Å². The quantitative estimate of drug-likeness (QED) is 0.759. The zero-order chi connectivity index (χ0) is 17.8. The molecule has 0 saturated carbocycles. The van der Waals surface area contributed by atoms with Crippen molar-refractivity contribution in [3.63, 3.8) is 0 Å². The molecular weight excluding hydrogens is 328 g/mol. The third-order valence-electron chi connectivity index (χ3n) is 4.60. The van der Waals surface area contributed by atoms with Gasteiger partial charge < -0.3 is 5.32 Å². The first-order valence-corrected chi connectivity index (χ1v) is 8.68. The number of hydrogen-bond acceptors (Lipinski definition) is 5. The molecule has 0 radical (unpaired) electrons. The van der Waals surface area contributed by atoms with Crippen molar-refractivity contribution in [1.29, 1.82) is 0 Å². The van der Waals surface area contributed by atoms with Gasteiger partial charge in [-0.05, 0) is 46.7 Å². The molecule has 1 fully saturated rings. The van der Waals surface area contributed by atoms with Gasteiger partial charge in [0, 0.05) is 31.2 Å². The van der Waals surface area contributed by atoms with Gasteiger partial charge in [-0.1, -0.05) is 30.3 Å². The van der Waals surface area contributed by atoms with Gasteiger partial charge in [0.1, 0.15) is 6.33 Å². The Hall–Kier alpha value is -3.06. The Morgan fingerprint density at radius 3 is 2.65 bits per heavy atom. The van der Waals surface area contributed by atoms with E-state index in [2.05, 4.69) is 50.0 Å². The lowest BCUT2D eigenvalue weighted by Crippen LogP contribution is -2.37. The van der Waals surface area contributed by atoms with Gasteiger partial charge >= 0.3 is 0 Å². The van der Waals surface area contributed by atoms with Crippen molar-refractivity contribution in [3.05, 3.63) is 72.1 Å². The van der Waals surface area contributed by atoms with Crippen LogP contribution in [0.3, 0.4) is 0 Å². The SMILES string of the molecule is O=C(N[C@@H]1CCN(Cc2ccccc2)C1)c1ccc(-n2cnnn2)cc1. The highest BCUT2D eigenvalue weighted by atomic mass is 16.1. The van der Waals surface area contributed by atoms with Crippen molar-refractivity contribution < 1.29 is 4.79 Å². The molecule has 26 heavy (non-hydrogen) atoms. The summed E-state index contributed by atoms with van der Waals surface area (Å²) >= 11 is 0. The average molecular weight is 348 g/mol. The van der Waals surface area contributed by atoms with Crippen molar-refractivity contribution in [2.24, 2.45) is 0 Å². The number of hydrogen-bond donors (Lipinski definition) is 1. The summed E-state index contributed by atoms with van der Waals surface area (Å²) in [6.07, 6.45) is 2.50. The number of amides is 1. The summed E-state index contributed by atoms with van der Waals surface area (Å²) in [5.41, 5.74) is 2.77. The molecule has 132 valence electrons. The molecule has 7 heteroatoms. The third kappa shape index (κ3) is 3.78. The first kappa shape index (κ1) is 16.4. The molecule has 1 aliphatic heterocycles. The lowest BCUT2D eigenvalue weighted by molar-refractivity contribution is 0.0937. The molecule has 0 unspecified atom stereocenters. The average Bonchev–Trinajstić information content (AvgIpc) is 3.35. The number of nitrogens with zero attached hydrogens (tertiary/aromatic N) is 5. The monoisotopic (exact) mass is 348 g/mol. The Balaban J connectivity index is 1.32. The van der Waals surface area contributed by atoms with E-state index >= 15 is 0 Å². The van der Waals surface area contributed by atoms with Crippen molar-refractivity contribution in [2.45, 2.75) is 19.0 Å². The van der Waals surface area contributed by atoms with E-state index < -0.39 is 0 Å². The van der Waals surface area contributed by atoms with Crippen molar-refractivity contribution in [1.82, 2.24) is 30.4 Å². The first-order valence-electron chi connectivity index (χ1n) is 8.68. The smallest absolute Gasteiger partial charge is 0.251 e. The summed E-state index contributed by atoms with van der Waals surface area (Å²) in [5, 5.41) is 14.2. The van der Waals surface area contributed by atoms with Gasteiger partial charge in [-0.3, -0.25) is 9.69 Å². The Kier molecular flexibility index (Phi) is 4.70. The predicted octanol–water partition coefficient (Wildman–Crippen LogP) is 1.67. The fraction of sp³-hybridized carbons (Fsp3) is 0.263. The number of rotatable bonds is 5. The van der Waals surface area contributed by atoms with E-state index in [4.69, 9.17) is 0 Å². The minimum absolute atomic E-state index is 0.0418. The van der Waals surface area contributed by atoms with Gasteiger partial charge in [0.25, 0.3) is 5.91 Å². The standard InChI is InChI=1S/C19H20N6O/c26-19(16-6-8-18(9-7-16)25-14-20-22-23-25)21-17-10-11-24(13-17)12-15-4-2-1-3-5-15/h1-9,14,17H,10-13H2,(H,21,26)/t17-/m1/s1. The molecule has 0 spiro atoms. The normalized spacial score (nSPS) is 17.3. The van der Waals surface area contributed by atoms with Crippen molar-refractivity contribution >= 4 is 5.91 Å². The number of benzene rings is 2.